The van der Waals surface area contributed by atoms with Crippen LogP contribution >= 0.6 is 0 Å². The van der Waals surface area contributed by atoms with Crippen molar-refractivity contribution in [3.05, 3.63) is 35.4 Å². The molecule has 5 nitrogen and oxygen atoms in total. The second kappa shape index (κ2) is 10.2. The van der Waals surface area contributed by atoms with Gasteiger partial charge in [-0.25, -0.2) is 0 Å². The first-order chi connectivity index (χ1) is 14.0. The van der Waals surface area contributed by atoms with Crippen molar-refractivity contribution in [1.29, 1.82) is 0 Å². The van der Waals surface area contributed by atoms with E-state index >= 15 is 0 Å². The Balaban J connectivity index is 1.61. The molecule has 0 aromatic heterocycles. The van der Waals surface area contributed by atoms with Gasteiger partial charge in [0.2, 0.25) is 5.91 Å². The number of amides is 2. The third-order valence-corrected chi connectivity index (χ3v) is 6.51. The fourth-order valence-corrected chi connectivity index (χ4v) is 4.73. The Kier molecular flexibility index (Phi) is 7.70. The van der Waals surface area contributed by atoms with Crippen LogP contribution in [0.15, 0.2) is 24.3 Å². The second-order valence-electron chi connectivity index (χ2n) is 9.11. The van der Waals surface area contributed by atoms with Crippen LogP contribution < -0.4 is 5.32 Å². The van der Waals surface area contributed by atoms with E-state index < -0.39 is 0 Å². The number of hydrogen-bond donors (Lipinski definition) is 1. The Bertz CT molecular complexity index is 689. The monoisotopic (exact) mass is 399 g/mol. The van der Waals surface area contributed by atoms with Crippen LogP contribution in [0.1, 0.15) is 61.9 Å². The molecule has 2 fully saturated rings. The molecule has 2 aliphatic rings. The van der Waals surface area contributed by atoms with E-state index in [4.69, 9.17) is 0 Å². The summed E-state index contributed by atoms with van der Waals surface area (Å²) in [6.07, 6.45) is 5.76. The normalized spacial score (nSPS) is 19.5. The Labute approximate surface area is 175 Å². The molecular formula is C24H37N3O2. The van der Waals surface area contributed by atoms with E-state index in [1.165, 1.54) is 12.8 Å². The number of hydrogen-bond acceptors (Lipinski definition) is 3. The van der Waals surface area contributed by atoms with E-state index in [0.717, 1.165) is 50.0 Å². The molecule has 160 valence electrons. The molecule has 0 spiro atoms. The van der Waals surface area contributed by atoms with Crippen LogP contribution in [0.25, 0.3) is 0 Å². The maximum Gasteiger partial charge on any atom is 0.254 e. The summed E-state index contributed by atoms with van der Waals surface area (Å²) in [7, 11) is 0. The maximum absolute atomic E-state index is 13.1. The highest BCUT2D eigenvalue weighted by Crippen LogP contribution is 2.31. The smallest absolute Gasteiger partial charge is 0.254 e. The minimum absolute atomic E-state index is 0.0413. The second-order valence-corrected chi connectivity index (χ2v) is 9.11. The fourth-order valence-electron chi connectivity index (χ4n) is 4.73. The molecule has 1 aliphatic carbocycles. The van der Waals surface area contributed by atoms with Crippen molar-refractivity contribution in [2.75, 3.05) is 32.7 Å². The van der Waals surface area contributed by atoms with Crippen molar-refractivity contribution < 1.29 is 9.59 Å². The average Bonchev–Trinajstić information content (AvgIpc) is 3.22. The molecule has 1 saturated carbocycles. The molecule has 0 bridgehead atoms. The number of piperazine rings is 1. The van der Waals surface area contributed by atoms with E-state index in [2.05, 4.69) is 24.1 Å². The van der Waals surface area contributed by atoms with E-state index in [1.54, 1.807) is 0 Å². The number of aryl methyl sites for hydroxylation is 1. The molecule has 1 aliphatic heterocycles. The number of nitrogens with one attached hydrogen (secondary N) is 1. The summed E-state index contributed by atoms with van der Waals surface area (Å²) in [6.45, 7) is 10.0. The molecule has 5 heteroatoms. The molecule has 2 amide bonds. The lowest BCUT2D eigenvalue weighted by Crippen LogP contribution is -2.58. The van der Waals surface area contributed by atoms with Crippen LogP contribution in [-0.2, 0) is 4.79 Å². The first-order valence-electron chi connectivity index (χ1n) is 11.3. The molecule has 1 N–H and O–H groups in total. The van der Waals surface area contributed by atoms with Crippen LogP contribution in [0, 0.1) is 18.8 Å². The summed E-state index contributed by atoms with van der Waals surface area (Å²) in [4.78, 5) is 30.3. The summed E-state index contributed by atoms with van der Waals surface area (Å²) >= 11 is 0. The number of carbonyl (C=O) groups excluding carboxylic acids is 2. The van der Waals surface area contributed by atoms with Gasteiger partial charge < -0.3 is 10.2 Å². The number of benzene rings is 1. The molecule has 1 heterocycles. The first-order valence-corrected chi connectivity index (χ1v) is 11.3. The van der Waals surface area contributed by atoms with E-state index in [0.29, 0.717) is 24.9 Å². The van der Waals surface area contributed by atoms with Gasteiger partial charge in [0.15, 0.2) is 0 Å². The van der Waals surface area contributed by atoms with Gasteiger partial charge in [0.05, 0.1) is 6.04 Å². The largest absolute Gasteiger partial charge is 0.355 e. The Morgan fingerprint density at radius 3 is 2.34 bits per heavy atom. The first kappa shape index (κ1) is 21.8. The molecule has 1 aromatic carbocycles. The highest BCUT2D eigenvalue weighted by molar-refractivity contribution is 5.95. The lowest BCUT2D eigenvalue weighted by molar-refractivity contribution is -0.129. The SMILES string of the molecule is Cc1ccccc1C(=O)N1CCN(C(C(=O)NCCC(C)C)C2CCCC2)CC1. The molecule has 1 aromatic rings. The average molecular weight is 400 g/mol. The molecule has 3 rings (SSSR count). The summed E-state index contributed by atoms with van der Waals surface area (Å²) in [5, 5.41) is 3.19. The summed E-state index contributed by atoms with van der Waals surface area (Å²) < 4.78 is 0. The van der Waals surface area contributed by atoms with Crippen molar-refractivity contribution in [2.45, 2.75) is 58.9 Å². The Morgan fingerprint density at radius 2 is 1.72 bits per heavy atom. The third-order valence-electron chi connectivity index (χ3n) is 6.51. The van der Waals surface area contributed by atoms with Crippen molar-refractivity contribution in [2.24, 2.45) is 11.8 Å². The van der Waals surface area contributed by atoms with E-state index in [1.807, 2.05) is 36.1 Å². The highest BCUT2D eigenvalue weighted by Gasteiger charge is 2.37. The third kappa shape index (κ3) is 5.59. The fraction of sp³-hybridized carbons (Fsp3) is 0.667. The molecular weight excluding hydrogens is 362 g/mol. The quantitative estimate of drug-likeness (QED) is 0.764. The number of carbonyl (C=O) groups is 2. The Hall–Kier alpha value is -1.88. The van der Waals surface area contributed by atoms with Gasteiger partial charge in [0.25, 0.3) is 5.91 Å². The van der Waals surface area contributed by atoms with Gasteiger partial charge in [-0.3, -0.25) is 14.5 Å². The topological polar surface area (TPSA) is 52.7 Å². The standard InChI is InChI=1S/C24H37N3O2/c1-18(2)12-13-25-23(28)22(20-9-5-6-10-20)26-14-16-27(17-15-26)24(29)21-11-7-4-8-19(21)3/h4,7-8,11,18,20,22H,5-6,9-10,12-17H2,1-3H3,(H,25,28). The van der Waals surface area contributed by atoms with Gasteiger partial charge in [-0.1, -0.05) is 44.9 Å². The molecule has 1 saturated heterocycles. The molecule has 1 atom stereocenters. The summed E-state index contributed by atoms with van der Waals surface area (Å²) in [5.74, 6) is 1.35. The van der Waals surface area contributed by atoms with Gasteiger partial charge in [-0.2, -0.15) is 0 Å². The zero-order chi connectivity index (χ0) is 20.8. The molecule has 0 radical (unpaired) electrons. The van der Waals surface area contributed by atoms with Crippen molar-refractivity contribution in [3.63, 3.8) is 0 Å². The van der Waals surface area contributed by atoms with Crippen molar-refractivity contribution in [1.82, 2.24) is 15.1 Å². The van der Waals surface area contributed by atoms with E-state index in [-0.39, 0.29) is 17.9 Å². The predicted octanol–water partition coefficient (Wildman–Crippen LogP) is 3.47. The molecule has 1 unspecified atom stereocenters. The van der Waals surface area contributed by atoms with Crippen LogP contribution in [-0.4, -0.2) is 60.4 Å². The van der Waals surface area contributed by atoms with Crippen molar-refractivity contribution >= 4 is 11.8 Å². The van der Waals surface area contributed by atoms with Crippen LogP contribution in [0.3, 0.4) is 0 Å². The van der Waals surface area contributed by atoms with Gasteiger partial charge >= 0.3 is 0 Å². The predicted molar refractivity (Wildman–Crippen MR) is 117 cm³/mol. The Morgan fingerprint density at radius 1 is 1.07 bits per heavy atom. The highest BCUT2D eigenvalue weighted by atomic mass is 16.2. The zero-order valence-corrected chi connectivity index (χ0v) is 18.3. The summed E-state index contributed by atoms with van der Waals surface area (Å²) in [6, 6.07) is 7.75. The molecule has 29 heavy (non-hydrogen) atoms. The zero-order valence-electron chi connectivity index (χ0n) is 18.3. The van der Waals surface area contributed by atoms with Crippen LogP contribution in [0.4, 0.5) is 0 Å². The number of rotatable bonds is 7. The lowest BCUT2D eigenvalue weighted by atomic mass is 9.94. The van der Waals surface area contributed by atoms with Crippen LogP contribution in [0.2, 0.25) is 0 Å². The lowest BCUT2D eigenvalue weighted by Gasteiger charge is -2.41. The van der Waals surface area contributed by atoms with Gasteiger partial charge in [0, 0.05) is 38.3 Å². The minimum Gasteiger partial charge on any atom is -0.355 e. The van der Waals surface area contributed by atoms with Gasteiger partial charge in [-0.05, 0) is 49.7 Å². The van der Waals surface area contributed by atoms with E-state index in [9.17, 15) is 9.59 Å². The van der Waals surface area contributed by atoms with Crippen molar-refractivity contribution in [3.8, 4) is 0 Å². The van der Waals surface area contributed by atoms with Crippen LogP contribution in [0.5, 0.6) is 0 Å². The number of nitrogens with zero attached hydrogens (tertiary/aromatic N) is 2. The van der Waals surface area contributed by atoms with Gasteiger partial charge in [-0.15, -0.1) is 0 Å². The van der Waals surface area contributed by atoms with Gasteiger partial charge in [0.1, 0.15) is 0 Å². The maximum atomic E-state index is 13.1. The summed E-state index contributed by atoms with van der Waals surface area (Å²) in [5.41, 5.74) is 1.81. The minimum atomic E-state index is -0.0413.